The quantitative estimate of drug-likeness (QED) is 0.690. The van der Waals surface area contributed by atoms with Crippen molar-refractivity contribution in [3.05, 3.63) is 48.5 Å². The molecule has 0 unspecified atom stereocenters. The molecule has 2 fully saturated rings. The molecule has 2 aliphatic rings. The number of aromatic amines is 1. The Morgan fingerprint density at radius 3 is 2.37 bits per heavy atom. The molecule has 30 heavy (non-hydrogen) atoms. The first kappa shape index (κ1) is 19.7. The number of H-pyrrole nitrogens is 1. The summed E-state index contributed by atoms with van der Waals surface area (Å²) in [6.45, 7) is 2.78. The van der Waals surface area contributed by atoms with Crippen molar-refractivity contribution in [3.63, 3.8) is 0 Å². The number of fused-ring (bicyclic) bond motifs is 1. The molecule has 0 bridgehead atoms. The first-order valence-electron chi connectivity index (χ1n) is 10.9. The Kier molecular flexibility index (Phi) is 5.35. The Labute approximate surface area is 178 Å². The fraction of sp³-hybridized carbons (Fsp3) is 0.435. The van der Waals surface area contributed by atoms with Crippen molar-refractivity contribution >= 4 is 21.1 Å². The second-order valence-electron chi connectivity index (χ2n) is 8.36. The van der Waals surface area contributed by atoms with Crippen LogP contribution in [-0.2, 0) is 10.0 Å². The van der Waals surface area contributed by atoms with Gasteiger partial charge in [-0.15, -0.1) is 0 Å². The van der Waals surface area contributed by atoms with Gasteiger partial charge in [-0.05, 0) is 31.0 Å². The third-order valence-electron chi connectivity index (χ3n) is 6.50. The lowest BCUT2D eigenvalue weighted by molar-refractivity contribution is 0.111. The minimum Gasteiger partial charge on any atom is -0.338 e. The largest absolute Gasteiger partial charge is 0.338 e. The Hall–Kier alpha value is -2.22. The summed E-state index contributed by atoms with van der Waals surface area (Å²) in [4.78, 5) is 10.7. The molecule has 1 aliphatic heterocycles. The maximum Gasteiger partial charge on any atom is 0.243 e. The highest BCUT2D eigenvalue weighted by Crippen LogP contribution is 2.27. The molecule has 1 N–H and O–H groups in total. The molecule has 2 heterocycles. The first-order valence-corrected chi connectivity index (χ1v) is 12.3. The van der Waals surface area contributed by atoms with Gasteiger partial charge in [0.05, 0.1) is 15.9 Å². The number of nitrogens with one attached hydrogen (secondary N) is 1. The zero-order valence-corrected chi connectivity index (χ0v) is 17.9. The summed E-state index contributed by atoms with van der Waals surface area (Å²) in [7, 11) is -3.50. The van der Waals surface area contributed by atoms with Gasteiger partial charge in [0.15, 0.2) is 0 Å². The highest BCUT2D eigenvalue weighted by molar-refractivity contribution is 7.89. The normalized spacial score (nSPS) is 20.0. The molecule has 0 spiro atoms. The second kappa shape index (κ2) is 8.13. The number of sulfonamides is 1. The summed E-state index contributed by atoms with van der Waals surface area (Å²) >= 11 is 0. The van der Waals surface area contributed by atoms with Crippen LogP contribution in [0.25, 0.3) is 22.4 Å². The fourth-order valence-corrected chi connectivity index (χ4v) is 6.24. The van der Waals surface area contributed by atoms with Gasteiger partial charge in [0.2, 0.25) is 10.0 Å². The summed E-state index contributed by atoms with van der Waals surface area (Å²) < 4.78 is 28.2. The zero-order chi connectivity index (χ0) is 20.6. The topological polar surface area (TPSA) is 69.3 Å². The number of rotatable bonds is 4. The Bertz CT molecular complexity index is 1110. The molecule has 1 aromatic heterocycles. The second-order valence-corrected chi connectivity index (χ2v) is 10.3. The summed E-state index contributed by atoms with van der Waals surface area (Å²) in [5, 5.41) is 0. The predicted octanol–water partition coefficient (Wildman–Crippen LogP) is 3.87. The lowest BCUT2D eigenvalue weighted by Gasteiger charge is -2.40. The molecule has 0 radical (unpaired) electrons. The average Bonchev–Trinajstić information content (AvgIpc) is 3.24. The van der Waals surface area contributed by atoms with Crippen LogP contribution in [-0.4, -0.2) is 59.8 Å². The molecule has 1 saturated carbocycles. The molecule has 158 valence electrons. The Balaban J connectivity index is 1.34. The van der Waals surface area contributed by atoms with Crippen LogP contribution in [0.1, 0.15) is 32.1 Å². The highest BCUT2D eigenvalue weighted by Gasteiger charge is 2.31. The number of piperazine rings is 1. The van der Waals surface area contributed by atoms with Crippen LogP contribution in [0.4, 0.5) is 0 Å². The van der Waals surface area contributed by atoms with E-state index in [4.69, 9.17) is 0 Å². The van der Waals surface area contributed by atoms with Crippen LogP contribution in [0, 0.1) is 0 Å². The van der Waals surface area contributed by atoms with Gasteiger partial charge in [0.1, 0.15) is 5.82 Å². The molecule has 1 aliphatic carbocycles. The van der Waals surface area contributed by atoms with Crippen LogP contribution >= 0.6 is 0 Å². The third kappa shape index (κ3) is 3.77. The number of hydrogen-bond donors (Lipinski definition) is 1. The van der Waals surface area contributed by atoms with Gasteiger partial charge >= 0.3 is 0 Å². The summed E-state index contributed by atoms with van der Waals surface area (Å²) in [5.41, 5.74) is 2.50. The maximum absolute atomic E-state index is 13.3. The molecule has 1 saturated heterocycles. The SMILES string of the molecule is O=S(=O)(c1ccc2nc(-c3ccccc3)[nH]c2c1)N1CCN(C2CCCCC2)CC1. The van der Waals surface area contributed by atoms with Crippen molar-refractivity contribution in [1.29, 1.82) is 0 Å². The minimum atomic E-state index is -3.50. The Morgan fingerprint density at radius 2 is 1.63 bits per heavy atom. The van der Waals surface area contributed by atoms with E-state index in [1.807, 2.05) is 30.3 Å². The maximum atomic E-state index is 13.3. The molecule has 0 amide bonds. The smallest absolute Gasteiger partial charge is 0.243 e. The van der Waals surface area contributed by atoms with Crippen LogP contribution in [0.15, 0.2) is 53.4 Å². The highest BCUT2D eigenvalue weighted by atomic mass is 32.2. The summed E-state index contributed by atoms with van der Waals surface area (Å²) in [6.07, 6.45) is 6.46. The van der Waals surface area contributed by atoms with Crippen LogP contribution in [0.2, 0.25) is 0 Å². The molecular formula is C23H28N4O2S. The van der Waals surface area contributed by atoms with E-state index in [2.05, 4.69) is 14.9 Å². The lowest BCUT2D eigenvalue weighted by Crippen LogP contribution is -2.52. The molecule has 5 rings (SSSR count). The van der Waals surface area contributed by atoms with Gasteiger partial charge in [0, 0.05) is 37.8 Å². The van der Waals surface area contributed by atoms with Gasteiger partial charge in [-0.3, -0.25) is 4.90 Å². The molecule has 2 aromatic carbocycles. The summed E-state index contributed by atoms with van der Waals surface area (Å²) in [6, 6.07) is 15.7. The molecule has 3 aromatic rings. The number of nitrogens with zero attached hydrogens (tertiary/aromatic N) is 3. The molecule has 0 atom stereocenters. The van der Waals surface area contributed by atoms with Gasteiger partial charge in [-0.25, -0.2) is 13.4 Å². The zero-order valence-electron chi connectivity index (χ0n) is 17.1. The third-order valence-corrected chi connectivity index (χ3v) is 8.40. The van der Waals surface area contributed by atoms with Crippen LogP contribution in [0.3, 0.4) is 0 Å². The van der Waals surface area contributed by atoms with Crippen molar-refractivity contribution < 1.29 is 8.42 Å². The van der Waals surface area contributed by atoms with Crippen LogP contribution < -0.4 is 0 Å². The van der Waals surface area contributed by atoms with E-state index in [1.54, 1.807) is 22.5 Å². The van der Waals surface area contributed by atoms with Crippen molar-refractivity contribution in [1.82, 2.24) is 19.2 Å². The minimum absolute atomic E-state index is 0.337. The van der Waals surface area contributed by atoms with Gasteiger partial charge < -0.3 is 4.98 Å². The molecule has 6 nitrogen and oxygen atoms in total. The van der Waals surface area contributed by atoms with E-state index in [0.29, 0.717) is 24.0 Å². The number of benzene rings is 2. The first-order chi connectivity index (χ1) is 14.6. The van der Waals surface area contributed by atoms with E-state index in [1.165, 1.54) is 32.1 Å². The monoisotopic (exact) mass is 424 g/mol. The van der Waals surface area contributed by atoms with E-state index in [9.17, 15) is 8.42 Å². The molecule has 7 heteroatoms. The number of hydrogen-bond acceptors (Lipinski definition) is 4. The van der Waals surface area contributed by atoms with E-state index in [0.717, 1.165) is 35.5 Å². The van der Waals surface area contributed by atoms with Crippen molar-refractivity contribution in [2.45, 2.75) is 43.0 Å². The average molecular weight is 425 g/mol. The number of imidazole rings is 1. The van der Waals surface area contributed by atoms with Gasteiger partial charge in [-0.2, -0.15) is 4.31 Å². The Morgan fingerprint density at radius 1 is 0.900 bits per heavy atom. The number of aromatic nitrogens is 2. The van der Waals surface area contributed by atoms with E-state index in [-0.39, 0.29) is 0 Å². The van der Waals surface area contributed by atoms with E-state index >= 15 is 0 Å². The summed E-state index contributed by atoms with van der Waals surface area (Å²) in [5.74, 6) is 0.751. The standard InChI is InChI=1S/C23H28N4O2S/c28-30(29,27-15-13-26(14-16-27)19-9-5-2-6-10-19)20-11-12-21-22(17-20)25-23(24-21)18-7-3-1-4-8-18/h1,3-4,7-8,11-12,17,19H,2,5-6,9-10,13-16H2,(H,24,25). The predicted molar refractivity (Wildman–Crippen MR) is 119 cm³/mol. The van der Waals surface area contributed by atoms with Gasteiger partial charge in [0.25, 0.3) is 0 Å². The fourth-order valence-electron chi connectivity index (χ4n) is 4.79. The van der Waals surface area contributed by atoms with Crippen molar-refractivity contribution in [3.8, 4) is 11.4 Å². The van der Waals surface area contributed by atoms with Gasteiger partial charge in [-0.1, -0.05) is 49.6 Å². The van der Waals surface area contributed by atoms with Crippen LogP contribution in [0.5, 0.6) is 0 Å². The molecular weight excluding hydrogens is 396 g/mol. The van der Waals surface area contributed by atoms with Crippen molar-refractivity contribution in [2.75, 3.05) is 26.2 Å². The lowest BCUT2D eigenvalue weighted by atomic mass is 9.94. The van der Waals surface area contributed by atoms with Crippen molar-refractivity contribution in [2.24, 2.45) is 0 Å². The van der Waals surface area contributed by atoms with E-state index < -0.39 is 10.0 Å².